The van der Waals surface area contributed by atoms with Gasteiger partial charge < -0.3 is 27.9 Å². The van der Waals surface area contributed by atoms with Crippen LogP contribution in [0.5, 0.6) is 0 Å². The fourth-order valence-electron chi connectivity index (χ4n) is 4.37. The lowest BCUT2D eigenvalue weighted by molar-refractivity contribution is -0.870. The van der Waals surface area contributed by atoms with Crippen molar-refractivity contribution in [1.29, 1.82) is 0 Å². The Kier molecular flexibility index (Phi) is 26.3. The lowest BCUT2D eigenvalue weighted by atomic mass is 10.1. The van der Waals surface area contributed by atoms with E-state index in [1.807, 2.05) is 21.1 Å². The molecule has 0 aliphatic carbocycles. The summed E-state index contributed by atoms with van der Waals surface area (Å²) in [7, 11) is 1.12. The summed E-state index contributed by atoms with van der Waals surface area (Å²) in [6.07, 6.45) is 28.2. The number of hydrogen-bond donors (Lipinski definition) is 0. The monoisotopic (exact) mass is 641 g/mol. The Balaban J connectivity index is 4.49. The number of phosphoric ester groups is 1. The lowest BCUT2D eigenvalue weighted by Gasteiger charge is -2.28. The first-order valence-electron chi connectivity index (χ1n) is 16.6. The van der Waals surface area contributed by atoms with Crippen molar-refractivity contribution in [3.63, 3.8) is 0 Å². The molecule has 0 heterocycles. The molecular formula is C34H60NO8P. The quantitative estimate of drug-likeness (QED) is 0.0280. The van der Waals surface area contributed by atoms with Gasteiger partial charge in [0.25, 0.3) is 7.82 Å². The molecule has 2 atom stereocenters. The average Bonchev–Trinajstić information content (AvgIpc) is 2.95. The Bertz CT molecular complexity index is 874. The largest absolute Gasteiger partial charge is 0.756 e. The minimum absolute atomic E-state index is 0.0413. The number of carbonyl (C=O) groups excluding carboxylic acids is 2. The summed E-state index contributed by atoms with van der Waals surface area (Å²) in [5.41, 5.74) is 0. The second-order valence-electron chi connectivity index (χ2n) is 12.5. The maximum absolute atomic E-state index is 12.5. The van der Waals surface area contributed by atoms with E-state index in [1.165, 1.54) is 19.3 Å². The molecule has 0 rings (SSSR count). The molecule has 0 aromatic heterocycles. The van der Waals surface area contributed by atoms with Crippen molar-refractivity contribution in [2.75, 3.05) is 47.5 Å². The molecule has 0 N–H and O–H groups in total. The van der Waals surface area contributed by atoms with Crippen molar-refractivity contribution in [3.05, 3.63) is 0 Å². The van der Waals surface area contributed by atoms with E-state index in [9.17, 15) is 19.0 Å². The van der Waals surface area contributed by atoms with Gasteiger partial charge in [0.2, 0.25) is 0 Å². The highest BCUT2D eigenvalue weighted by molar-refractivity contribution is 7.45. The van der Waals surface area contributed by atoms with E-state index < -0.39 is 32.5 Å². The predicted octanol–water partition coefficient (Wildman–Crippen LogP) is 6.72. The van der Waals surface area contributed by atoms with Gasteiger partial charge in [-0.25, -0.2) is 0 Å². The summed E-state index contributed by atoms with van der Waals surface area (Å²) in [6.45, 7) is -0.337. The molecule has 0 spiro atoms. The Morgan fingerprint density at radius 2 is 1.11 bits per heavy atom. The molecule has 254 valence electrons. The first-order valence-corrected chi connectivity index (χ1v) is 18.1. The summed E-state index contributed by atoms with van der Waals surface area (Å²) in [6, 6.07) is 0. The Hall–Kier alpha value is -1.87. The van der Waals surface area contributed by atoms with Crippen LogP contribution in [0.25, 0.3) is 0 Å². The molecule has 9 nitrogen and oxygen atoms in total. The minimum Gasteiger partial charge on any atom is -0.756 e. The molecule has 0 fully saturated rings. The highest BCUT2D eigenvalue weighted by Gasteiger charge is 2.21. The fourth-order valence-corrected chi connectivity index (χ4v) is 5.10. The third kappa shape index (κ3) is 30.2. The van der Waals surface area contributed by atoms with Crippen molar-refractivity contribution < 1.29 is 42.1 Å². The predicted molar refractivity (Wildman–Crippen MR) is 173 cm³/mol. The summed E-state index contributed by atoms with van der Waals surface area (Å²) >= 11 is 0. The van der Waals surface area contributed by atoms with Gasteiger partial charge in [0, 0.05) is 25.7 Å². The summed E-state index contributed by atoms with van der Waals surface area (Å²) in [4.78, 5) is 37.0. The molecule has 0 aromatic carbocycles. The van der Waals surface area contributed by atoms with Crippen LogP contribution < -0.4 is 4.89 Å². The van der Waals surface area contributed by atoms with Crippen molar-refractivity contribution in [3.8, 4) is 24.7 Å². The van der Waals surface area contributed by atoms with Gasteiger partial charge in [-0.1, -0.05) is 77.0 Å². The molecule has 0 bridgehead atoms. The van der Waals surface area contributed by atoms with Gasteiger partial charge in [0.05, 0.1) is 27.7 Å². The number of carbonyl (C=O) groups is 2. The van der Waals surface area contributed by atoms with Crippen LogP contribution in [0, 0.1) is 24.7 Å². The summed E-state index contributed by atoms with van der Waals surface area (Å²) < 4.78 is 33.5. The number of nitrogens with zero attached hydrogens (tertiary/aromatic N) is 1. The number of terminal acetylenes is 2. The number of hydrogen-bond acceptors (Lipinski definition) is 8. The maximum atomic E-state index is 12.5. The van der Waals surface area contributed by atoms with Crippen LogP contribution in [-0.4, -0.2) is 70.0 Å². The zero-order valence-electron chi connectivity index (χ0n) is 27.9. The first-order chi connectivity index (χ1) is 21.0. The van der Waals surface area contributed by atoms with Gasteiger partial charge in [-0.15, -0.1) is 24.7 Å². The molecule has 0 saturated heterocycles. The number of quaternary nitrogens is 1. The van der Waals surface area contributed by atoms with Crippen LogP contribution in [-0.2, 0) is 32.7 Å². The smallest absolute Gasteiger partial charge is 0.306 e. The third-order valence-corrected chi connectivity index (χ3v) is 8.03. The van der Waals surface area contributed by atoms with Gasteiger partial charge >= 0.3 is 11.9 Å². The number of unbranched alkanes of at least 4 members (excludes halogenated alkanes) is 16. The fraction of sp³-hybridized carbons (Fsp3) is 0.824. The second kappa shape index (κ2) is 27.4. The summed E-state index contributed by atoms with van der Waals surface area (Å²) in [5.74, 6) is 4.43. The average molecular weight is 642 g/mol. The molecular weight excluding hydrogens is 581 g/mol. The van der Waals surface area contributed by atoms with E-state index in [2.05, 4.69) is 11.8 Å². The van der Waals surface area contributed by atoms with Crippen LogP contribution >= 0.6 is 7.82 Å². The van der Waals surface area contributed by atoms with E-state index >= 15 is 0 Å². The van der Waals surface area contributed by atoms with E-state index in [4.69, 9.17) is 31.4 Å². The lowest BCUT2D eigenvalue weighted by Crippen LogP contribution is -2.37. The molecule has 2 unspecified atom stereocenters. The van der Waals surface area contributed by atoms with Crippen molar-refractivity contribution in [2.24, 2.45) is 0 Å². The SMILES string of the molecule is C#CCCCCCCCCCCC(=O)OCC(COP(=O)([O-])OCC[N+](C)(C)C)OC(=O)CCCCCCCCCCC#C. The Morgan fingerprint density at radius 3 is 1.57 bits per heavy atom. The Morgan fingerprint density at radius 1 is 0.682 bits per heavy atom. The molecule has 0 radical (unpaired) electrons. The van der Waals surface area contributed by atoms with Gasteiger partial charge in [-0.05, 0) is 25.7 Å². The van der Waals surface area contributed by atoms with Crippen molar-refractivity contribution in [2.45, 2.75) is 135 Å². The molecule has 0 aliphatic rings. The highest BCUT2D eigenvalue weighted by atomic mass is 31.2. The van der Waals surface area contributed by atoms with Crippen molar-refractivity contribution >= 4 is 19.8 Å². The van der Waals surface area contributed by atoms with Crippen LogP contribution in [0.2, 0.25) is 0 Å². The third-order valence-electron chi connectivity index (χ3n) is 7.06. The highest BCUT2D eigenvalue weighted by Crippen LogP contribution is 2.38. The number of ether oxygens (including phenoxy) is 2. The summed E-state index contributed by atoms with van der Waals surface area (Å²) in [5, 5.41) is 0. The van der Waals surface area contributed by atoms with Gasteiger partial charge in [0.15, 0.2) is 6.10 Å². The van der Waals surface area contributed by atoms with E-state index in [1.54, 1.807) is 0 Å². The van der Waals surface area contributed by atoms with Crippen LogP contribution in [0.1, 0.15) is 128 Å². The number of rotatable bonds is 30. The zero-order chi connectivity index (χ0) is 32.9. The van der Waals surface area contributed by atoms with Gasteiger partial charge in [-0.3, -0.25) is 14.2 Å². The zero-order valence-corrected chi connectivity index (χ0v) is 28.8. The first kappa shape index (κ1) is 42.1. The van der Waals surface area contributed by atoms with E-state index in [0.717, 1.165) is 83.5 Å². The van der Waals surface area contributed by atoms with Gasteiger partial charge in [-0.2, -0.15) is 0 Å². The van der Waals surface area contributed by atoms with Crippen LogP contribution in [0.3, 0.4) is 0 Å². The van der Waals surface area contributed by atoms with Crippen molar-refractivity contribution in [1.82, 2.24) is 0 Å². The Labute approximate surface area is 268 Å². The standard InChI is InChI=1S/C34H60NO8P/c1-6-8-10-12-14-16-18-20-22-24-26-33(36)40-30-32(31-42-44(38,39)41-29-28-35(3,4)5)43-34(37)27-25-23-21-19-17-15-13-11-9-7-2/h1-2,32H,8-31H2,3-5H3. The number of likely N-dealkylation sites (N-methyl/N-ethyl adjacent to an activating group) is 1. The number of esters is 2. The number of phosphoric acid groups is 1. The normalized spacial score (nSPS) is 13.4. The van der Waals surface area contributed by atoms with E-state index in [-0.39, 0.29) is 26.1 Å². The topological polar surface area (TPSA) is 111 Å². The molecule has 0 aliphatic heterocycles. The second-order valence-corrected chi connectivity index (χ2v) is 13.9. The van der Waals surface area contributed by atoms with Gasteiger partial charge in [0.1, 0.15) is 19.8 Å². The minimum atomic E-state index is -4.62. The van der Waals surface area contributed by atoms with Crippen LogP contribution in [0.15, 0.2) is 0 Å². The molecule has 0 saturated carbocycles. The molecule has 0 aromatic rings. The molecule has 0 amide bonds. The molecule has 44 heavy (non-hydrogen) atoms. The molecule has 10 heteroatoms. The maximum Gasteiger partial charge on any atom is 0.306 e. The van der Waals surface area contributed by atoms with Crippen LogP contribution in [0.4, 0.5) is 0 Å². The van der Waals surface area contributed by atoms with E-state index in [0.29, 0.717) is 23.9 Å².